The molecule has 1 aromatic heterocycles. The van der Waals surface area contributed by atoms with Crippen molar-refractivity contribution in [3.8, 4) is 0 Å². The van der Waals surface area contributed by atoms with Crippen LogP contribution in [-0.2, 0) is 0 Å². The molecule has 0 radical (unpaired) electrons. The zero-order chi connectivity index (χ0) is 13.7. The van der Waals surface area contributed by atoms with Gasteiger partial charge in [-0.2, -0.15) is 0 Å². The topological polar surface area (TPSA) is 37.4 Å². The smallest absolute Gasteiger partial charge is 0.267 e. The molecule has 0 bridgehead atoms. The van der Waals surface area contributed by atoms with Gasteiger partial charge in [-0.05, 0) is 37.1 Å². The van der Waals surface area contributed by atoms with E-state index in [0.29, 0.717) is 20.5 Å². The van der Waals surface area contributed by atoms with Crippen molar-refractivity contribution in [1.29, 1.82) is 0 Å². The van der Waals surface area contributed by atoms with Gasteiger partial charge in [-0.25, -0.2) is 4.90 Å². The number of fused-ring (bicyclic) bond motifs is 1. The molecule has 1 aromatic carbocycles. The van der Waals surface area contributed by atoms with E-state index in [9.17, 15) is 9.59 Å². The third-order valence-corrected chi connectivity index (χ3v) is 4.45. The highest BCUT2D eigenvalue weighted by molar-refractivity contribution is 7.20. The van der Waals surface area contributed by atoms with Gasteiger partial charge in [0.2, 0.25) is 0 Å². The second-order valence-electron chi connectivity index (χ2n) is 4.47. The summed E-state index contributed by atoms with van der Waals surface area (Å²) in [5.74, 6) is -0.528. The van der Waals surface area contributed by atoms with Crippen molar-refractivity contribution in [2.24, 2.45) is 0 Å². The van der Waals surface area contributed by atoms with Gasteiger partial charge in [0.05, 0.1) is 15.5 Å². The van der Waals surface area contributed by atoms with Gasteiger partial charge < -0.3 is 0 Å². The fourth-order valence-electron chi connectivity index (χ4n) is 2.30. The molecule has 1 aliphatic heterocycles. The first kappa shape index (κ1) is 12.4. The first-order valence-corrected chi connectivity index (χ1v) is 6.94. The monoisotopic (exact) mass is 291 g/mol. The molecule has 2 amide bonds. The Kier molecular flexibility index (Phi) is 2.73. The Labute approximate surface area is 119 Å². The summed E-state index contributed by atoms with van der Waals surface area (Å²) in [4.78, 5) is 26.1. The minimum atomic E-state index is -0.264. The molecule has 0 N–H and O–H groups in total. The van der Waals surface area contributed by atoms with Crippen LogP contribution in [0.25, 0.3) is 0 Å². The van der Waals surface area contributed by atoms with Crippen LogP contribution >= 0.6 is 22.9 Å². The molecule has 3 nitrogen and oxygen atoms in total. The van der Waals surface area contributed by atoms with Crippen LogP contribution in [0.15, 0.2) is 24.3 Å². The Bertz CT molecular complexity index is 679. The minimum Gasteiger partial charge on any atom is -0.268 e. The predicted molar refractivity (Wildman–Crippen MR) is 76.4 cm³/mol. The first-order chi connectivity index (χ1) is 9.00. The molecule has 0 spiro atoms. The number of aryl methyl sites for hydroxylation is 2. The summed E-state index contributed by atoms with van der Waals surface area (Å²) in [7, 11) is 0. The van der Waals surface area contributed by atoms with Crippen molar-refractivity contribution >= 4 is 39.8 Å². The van der Waals surface area contributed by atoms with Crippen LogP contribution in [0, 0.1) is 13.8 Å². The highest BCUT2D eigenvalue weighted by Gasteiger charge is 2.39. The maximum absolute atomic E-state index is 12.5. The van der Waals surface area contributed by atoms with Gasteiger partial charge in [-0.15, -0.1) is 11.3 Å². The van der Waals surface area contributed by atoms with Gasteiger partial charge in [0, 0.05) is 0 Å². The first-order valence-electron chi connectivity index (χ1n) is 5.75. The van der Waals surface area contributed by atoms with E-state index in [-0.39, 0.29) is 11.8 Å². The fourth-order valence-corrected chi connectivity index (χ4v) is 3.33. The molecule has 0 saturated heterocycles. The van der Waals surface area contributed by atoms with Crippen LogP contribution in [0.4, 0.5) is 5.00 Å². The second kappa shape index (κ2) is 4.18. The summed E-state index contributed by atoms with van der Waals surface area (Å²) in [5.41, 5.74) is 2.66. The minimum absolute atomic E-state index is 0.264. The lowest BCUT2D eigenvalue weighted by Crippen LogP contribution is -2.28. The highest BCUT2D eigenvalue weighted by atomic mass is 35.5. The summed E-state index contributed by atoms with van der Waals surface area (Å²) >= 11 is 7.10. The number of anilines is 1. The van der Waals surface area contributed by atoms with E-state index in [1.165, 1.54) is 16.2 Å². The largest absolute Gasteiger partial charge is 0.268 e. The van der Waals surface area contributed by atoms with E-state index < -0.39 is 0 Å². The maximum atomic E-state index is 12.5. The van der Waals surface area contributed by atoms with Crippen LogP contribution in [-0.4, -0.2) is 11.8 Å². The van der Waals surface area contributed by atoms with Gasteiger partial charge in [0.25, 0.3) is 11.8 Å². The zero-order valence-corrected chi connectivity index (χ0v) is 11.9. The number of nitrogens with zero attached hydrogens (tertiary/aromatic N) is 1. The van der Waals surface area contributed by atoms with Crippen LogP contribution in [0.3, 0.4) is 0 Å². The highest BCUT2D eigenvalue weighted by Crippen LogP contribution is 2.37. The number of benzene rings is 1. The van der Waals surface area contributed by atoms with Crippen molar-refractivity contribution in [2.45, 2.75) is 13.8 Å². The Balaban J connectivity index is 2.20. The molecule has 5 heteroatoms. The number of hydrogen-bond acceptors (Lipinski definition) is 3. The molecular weight excluding hydrogens is 282 g/mol. The summed E-state index contributed by atoms with van der Waals surface area (Å²) in [5, 5.41) is 0.565. The van der Waals surface area contributed by atoms with Crippen LogP contribution < -0.4 is 4.90 Å². The molecule has 96 valence electrons. The molecule has 1 aliphatic rings. The van der Waals surface area contributed by atoms with Crippen molar-refractivity contribution < 1.29 is 9.59 Å². The summed E-state index contributed by atoms with van der Waals surface area (Å²) in [6.45, 7) is 3.68. The molecule has 0 atom stereocenters. The fraction of sp³-hybridized carbons (Fsp3) is 0.143. The molecule has 0 unspecified atom stereocenters. The van der Waals surface area contributed by atoms with Crippen LogP contribution in [0.5, 0.6) is 0 Å². The van der Waals surface area contributed by atoms with Gasteiger partial charge >= 0.3 is 0 Å². The number of carbonyl (C=O) groups excluding carboxylic acids is 2. The molecule has 0 saturated carbocycles. The van der Waals surface area contributed by atoms with Crippen molar-refractivity contribution in [3.05, 3.63) is 50.9 Å². The van der Waals surface area contributed by atoms with Gasteiger partial charge in [-0.3, -0.25) is 9.59 Å². The number of halogens is 1. The van der Waals surface area contributed by atoms with Crippen molar-refractivity contribution in [2.75, 3.05) is 4.90 Å². The molecule has 0 fully saturated rings. The van der Waals surface area contributed by atoms with E-state index in [0.717, 1.165) is 11.1 Å². The Morgan fingerprint density at radius 1 is 0.947 bits per heavy atom. The SMILES string of the molecule is Cc1ccc(C)c2c1C(=O)N(c1ccc(Cl)s1)C2=O. The van der Waals surface area contributed by atoms with Crippen LogP contribution in [0.2, 0.25) is 4.34 Å². The van der Waals surface area contributed by atoms with Gasteiger partial charge in [-0.1, -0.05) is 23.7 Å². The van der Waals surface area contributed by atoms with E-state index in [2.05, 4.69) is 0 Å². The van der Waals surface area contributed by atoms with E-state index in [1.54, 1.807) is 12.1 Å². The summed E-state index contributed by atoms with van der Waals surface area (Å²) in [6.07, 6.45) is 0. The molecule has 0 aliphatic carbocycles. The standard InChI is InChI=1S/C14H10ClNO2S/c1-7-3-4-8(2)12-11(7)13(17)16(14(12)18)10-6-5-9(15)19-10/h3-6H,1-2H3. The van der Waals surface area contributed by atoms with Gasteiger partial charge in [0.1, 0.15) is 5.00 Å². The number of thiophene rings is 1. The van der Waals surface area contributed by atoms with Crippen LogP contribution in [0.1, 0.15) is 31.8 Å². The number of hydrogen-bond donors (Lipinski definition) is 0. The quantitative estimate of drug-likeness (QED) is 0.749. The average Bonchev–Trinajstić information content (AvgIpc) is 2.87. The molecule has 3 rings (SSSR count). The normalized spacial score (nSPS) is 14.2. The van der Waals surface area contributed by atoms with Crippen molar-refractivity contribution in [3.63, 3.8) is 0 Å². The lowest BCUT2D eigenvalue weighted by Gasteiger charge is -2.10. The summed E-state index contributed by atoms with van der Waals surface area (Å²) < 4.78 is 0.556. The number of amides is 2. The number of carbonyl (C=O) groups is 2. The Hall–Kier alpha value is -1.65. The average molecular weight is 292 g/mol. The molecule has 2 aromatic rings. The van der Waals surface area contributed by atoms with E-state index >= 15 is 0 Å². The number of rotatable bonds is 1. The maximum Gasteiger partial charge on any atom is 0.267 e. The predicted octanol–water partition coefficient (Wildman–Crippen LogP) is 3.82. The zero-order valence-electron chi connectivity index (χ0n) is 10.4. The lowest BCUT2D eigenvalue weighted by molar-refractivity contribution is 0.0927. The molecule has 2 heterocycles. The second-order valence-corrected chi connectivity index (χ2v) is 6.17. The molecular formula is C14H10ClNO2S. The van der Waals surface area contributed by atoms with Crippen molar-refractivity contribution in [1.82, 2.24) is 0 Å². The van der Waals surface area contributed by atoms with E-state index in [1.807, 2.05) is 26.0 Å². The third-order valence-electron chi connectivity index (χ3n) is 3.24. The Morgan fingerprint density at radius 2 is 1.47 bits per heavy atom. The van der Waals surface area contributed by atoms with Gasteiger partial charge in [0.15, 0.2) is 0 Å². The Morgan fingerprint density at radius 3 is 1.89 bits per heavy atom. The van der Waals surface area contributed by atoms with E-state index in [4.69, 9.17) is 11.6 Å². The lowest BCUT2D eigenvalue weighted by atomic mass is 9.99. The summed E-state index contributed by atoms with van der Waals surface area (Å²) in [6, 6.07) is 7.11. The molecule has 19 heavy (non-hydrogen) atoms. The number of imide groups is 1. The third kappa shape index (κ3) is 1.71.